The maximum absolute atomic E-state index is 4.22. The van der Waals surface area contributed by atoms with Crippen LogP contribution in [0, 0.1) is 11.8 Å². The summed E-state index contributed by atoms with van der Waals surface area (Å²) in [6.07, 6.45) is 2.56. The first-order valence-electron chi connectivity index (χ1n) is 7.93. The van der Waals surface area contributed by atoms with Gasteiger partial charge >= 0.3 is 0 Å². The Bertz CT molecular complexity index is 219. The van der Waals surface area contributed by atoms with E-state index in [1.165, 1.54) is 31.5 Å². The Labute approximate surface area is 121 Å². The van der Waals surface area contributed by atoms with Crippen molar-refractivity contribution in [1.82, 2.24) is 10.2 Å². The van der Waals surface area contributed by atoms with Crippen LogP contribution in [0.3, 0.4) is 0 Å². The second-order valence-electron chi connectivity index (χ2n) is 6.93. The van der Waals surface area contributed by atoms with Crippen molar-refractivity contribution in [3.63, 3.8) is 0 Å². The lowest BCUT2D eigenvalue weighted by Gasteiger charge is -2.25. The van der Waals surface area contributed by atoms with Crippen LogP contribution in [0.15, 0.2) is 12.2 Å². The molecule has 0 saturated heterocycles. The molecule has 19 heavy (non-hydrogen) atoms. The Hall–Kier alpha value is -0.340. The molecule has 0 radical (unpaired) electrons. The third-order valence-electron chi connectivity index (χ3n) is 3.25. The molecule has 0 rings (SSSR count). The largest absolute Gasteiger partial charge is 0.311 e. The molecule has 0 aromatic rings. The molecule has 0 aliphatic rings. The van der Waals surface area contributed by atoms with Gasteiger partial charge in [-0.1, -0.05) is 48.1 Å². The average Bonchev–Trinajstić information content (AvgIpc) is 2.29. The van der Waals surface area contributed by atoms with Crippen LogP contribution < -0.4 is 5.32 Å². The van der Waals surface area contributed by atoms with E-state index >= 15 is 0 Å². The van der Waals surface area contributed by atoms with Crippen LogP contribution in [-0.2, 0) is 0 Å². The molecule has 0 aromatic heterocycles. The zero-order valence-electron chi connectivity index (χ0n) is 14.1. The standard InChI is InChI=1S/C17H36N2/c1-14(2)8-10-19(11-9-15(3)4)13-17(7)12-18-16(5)6/h14-16,18H,7-13H2,1-6H3. The van der Waals surface area contributed by atoms with Crippen molar-refractivity contribution >= 4 is 0 Å². The number of hydrogen-bond donors (Lipinski definition) is 1. The normalized spacial score (nSPS) is 12.1. The molecule has 0 atom stereocenters. The Kier molecular flexibility index (Phi) is 10.3. The SMILES string of the molecule is C=C(CNC(C)C)CN(CCC(C)C)CCC(C)C. The second kappa shape index (κ2) is 10.4. The van der Waals surface area contributed by atoms with Crippen molar-refractivity contribution in [2.75, 3.05) is 26.2 Å². The van der Waals surface area contributed by atoms with E-state index in [1.807, 2.05) is 0 Å². The summed E-state index contributed by atoms with van der Waals surface area (Å²) in [6, 6.07) is 0.538. The Morgan fingerprint density at radius 2 is 1.42 bits per heavy atom. The second-order valence-corrected chi connectivity index (χ2v) is 6.93. The zero-order valence-corrected chi connectivity index (χ0v) is 14.1. The molecule has 0 saturated carbocycles. The number of nitrogens with one attached hydrogen (secondary N) is 1. The molecular weight excluding hydrogens is 232 g/mol. The molecule has 2 heteroatoms. The average molecular weight is 268 g/mol. The van der Waals surface area contributed by atoms with Gasteiger partial charge in [0.05, 0.1) is 0 Å². The van der Waals surface area contributed by atoms with Crippen molar-refractivity contribution in [2.45, 2.75) is 60.4 Å². The van der Waals surface area contributed by atoms with Gasteiger partial charge in [-0.25, -0.2) is 0 Å². The predicted molar refractivity (Wildman–Crippen MR) is 87.6 cm³/mol. The maximum Gasteiger partial charge on any atom is 0.0202 e. The first-order valence-corrected chi connectivity index (χ1v) is 7.93. The Morgan fingerprint density at radius 3 is 1.79 bits per heavy atom. The molecule has 2 nitrogen and oxygen atoms in total. The highest BCUT2D eigenvalue weighted by molar-refractivity contribution is 5.00. The fourth-order valence-corrected chi connectivity index (χ4v) is 1.87. The van der Waals surface area contributed by atoms with Gasteiger partial charge in [0.2, 0.25) is 0 Å². The van der Waals surface area contributed by atoms with Crippen molar-refractivity contribution in [3.05, 3.63) is 12.2 Å². The molecule has 0 heterocycles. The fraction of sp³-hybridized carbons (Fsp3) is 0.882. The summed E-state index contributed by atoms with van der Waals surface area (Å²) < 4.78 is 0. The van der Waals surface area contributed by atoms with Crippen molar-refractivity contribution in [1.29, 1.82) is 0 Å². The Balaban J connectivity index is 4.11. The summed E-state index contributed by atoms with van der Waals surface area (Å²) >= 11 is 0. The third kappa shape index (κ3) is 12.4. The summed E-state index contributed by atoms with van der Waals surface area (Å²) in [7, 11) is 0. The van der Waals surface area contributed by atoms with Crippen molar-refractivity contribution in [3.8, 4) is 0 Å². The highest BCUT2D eigenvalue weighted by Crippen LogP contribution is 2.08. The minimum Gasteiger partial charge on any atom is -0.311 e. The summed E-state index contributed by atoms with van der Waals surface area (Å²) in [5.74, 6) is 1.56. The van der Waals surface area contributed by atoms with Crippen molar-refractivity contribution in [2.24, 2.45) is 11.8 Å². The molecule has 0 unspecified atom stereocenters. The minimum atomic E-state index is 0.538. The number of hydrogen-bond acceptors (Lipinski definition) is 2. The molecular formula is C17H36N2. The van der Waals surface area contributed by atoms with E-state index in [0.29, 0.717) is 6.04 Å². The van der Waals surface area contributed by atoms with Crippen LogP contribution in [0.2, 0.25) is 0 Å². The van der Waals surface area contributed by atoms with Gasteiger partial charge < -0.3 is 5.32 Å². The van der Waals surface area contributed by atoms with Gasteiger partial charge in [-0.3, -0.25) is 4.90 Å². The maximum atomic E-state index is 4.22. The summed E-state index contributed by atoms with van der Waals surface area (Å²) in [4.78, 5) is 2.57. The first-order chi connectivity index (χ1) is 8.81. The molecule has 1 N–H and O–H groups in total. The Morgan fingerprint density at radius 1 is 0.947 bits per heavy atom. The molecule has 0 aromatic carbocycles. The monoisotopic (exact) mass is 268 g/mol. The van der Waals surface area contributed by atoms with Crippen LogP contribution in [0.25, 0.3) is 0 Å². The van der Waals surface area contributed by atoms with Crippen LogP contribution in [0.5, 0.6) is 0 Å². The minimum absolute atomic E-state index is 0.538. The van der Waals surface area contributed by atoms with Crippen LogP contribution in [-0.4, -0.2) is 37.1 Å². The summed E-state index contributed by atoms with van der Waals surface area (Å²) in [5.41, 5.74) is 1.31. The van der Waals surface area contributed by atoms with Gasteiger partial charge in [0, 0.05) is 19.1 Å². The van der Waals surface area contributed by atoms with Crippen LogP contribution in [0.1, 0.15) is 54.4 Å². The highest BCUT2D eigenvalue weighted by atomic mass is 15.1. The lowest BCUT2D eigenvalue weighted by atomic mass is 10.1. The van der Waals surface area contributed by atoms with Gasteiger partial charge in [0.1, 0.15) is 0 Å². The topological polar surface area (TPSA) is 15.3 Å². The van der Waals surface area contributed by atoms with Gasteiger partial charge in [0.15, 0.2) is 0 Å². The fourth-order valence-electron chi connectivity index (χ4n) is 1.87. The zero-order chi connectivity index (χ0) is 14.8. The van der Waals surface area contributed by atoms with E-state index in [2.05, 4.69) is 58.3 Å². The lowest BCUT2D eigenvalue weighted by molar-refractivity contribution is 0.260. The van der Waals surface area contributed by atoms with Crippen LogP contribution in [0.4, 0.5) is 0 Å². The van der Waals surface area contributed by atoms with Gasteiger partial charge in [0.25, 0.3) is 0 Å². The predicted octanol–water partition coefficient (Wildman–Crippen LogP) is 3.93. The summed E-state index contributed by atoms with van der Waals surface area (Å²) in [6.45, 7) is 22.2. The number of rotatable bonds is 11. The van der Waals surface area contributed by atoms with Gasteiger partial charge in [-0.15, -0.1) is 0 Å². The molecule has 0 bridgehead atoms. The van der Waals surface area contributed by atoms with Gasteiger partial charge in [-0.05, 0) is 43.3 Å². The highest BCUT2D eigenvalue weighted by Gasteiger charge is 2.09. The van der Waals surface area contributed by atoms with E-state index in [0.717, 1.165) is 24.9 Å². The smallest absolute Gasteiger partial charge is 0.0202 e. The summed E-state index contributed by atoms with van der Waals surface area (Å²) in [5, 5.41) is 3.45. The molecule has 114 valence electrons. The molecule has 0 aliphatic heterocycles. The number of nitrogens with zero attached hydrogens (tertiary/aromatic N) is 1. The first kappa shape index (κ1) is 18.7. The van der Waals surface area contributed by atoms with Gasteiger partial charge in [-0.2, -0.15) is 0 Å². The van der Waals surface area contributed by atoms with Crippen LogP contribution >= 0.6 is 0 Å². The lowest BCUT2D eigenvalue weighted by Crippen LogP contribution is -2.33. The van der Waals surface area contributed by atoms with Crippen molar-refractivity contribution < 1.29 is 0 Å². The molecule has 0 spiro atoms. The van der Waals surface area contributed by atoms with E-state index in [9.17, 15) is 0 Å². The van der Waals surface area contributed by atoms with E-state index < -0.39 is 0 Å². The van der Waals surface area contributed by atoms with E-state index in [1.54, 1.807) is 0 Å². The van der Waals surface area contributed by atoms with E-state index in [4.69, 9.17) is 0 Å². The molecule has 0 aliphatic carbocycles. The quantitative estimate of drug-likeness (QED) is 0.571. The van der Waals surface area contributed by atoms with E-state index in [-0.39, 0.29) is 0 Å². The molecule has 0 amide bonds. The molecule has 0 fully saturated rings. The third-order valence-corrected chi connectivity index (χ3v) is 3.25.